The summed E-state index contributed by atoms with van der Waals surface area (Å²) in [6, 6.07) is 17.5. The zero-order valence-electron chi connectivity index (χ0n) is 18.0. The topological polar surface area (TPSA) is 89.8 Å². The fourth-order valence-corrected chi connectivity index (χ4v) is 4.32. The lowest BCUT2D eigenvalue weighted by molar-refractivity contribution is 0.100. The molecular weight excluding hydrogens is 453 g/mol. The molecule has 168 valence electrons. The van der Waals surface area contributed by atoms with Crippen molar-refractivity contribution in [2.45, 2.75) is 13.5 Å². The van der Waals surface area contributed by atoms with Gasteiger partial charge in [0.1, 0.15) is 11.5 Å². The second kappa shape index (κ2) is 8.95. The number of carbonyl (C=O) groups excluding carboxylic acids is 2. The molecule has 0 aliphatic heterocycles. The Labute approximate surface area is 197 Å². The maximum atomic E-state index is 13.7. The van der Waals surface area contributed by atoms with Crippen LogP contribution >= 0.6 is 11.3 Å². The minimum Gasteiger partial charge on any atom is -0.298 e. The van der Waals surface area contributed by atoms with E-state index in [0.29, 0.717) is 39.7 Å². The molecule has 1 amide bonds. The number of nitrogens with zero attached hydrogens (tertiary/aromatic N) is 4. The van der Waals surface area contributed by atoms with E-state index < -0.39 is 0 Å². The van der Waals surface area contributed by atoms with Crippen LogP contribution < -0.4 is 5.32 Å². The summed E-state index contributed by atoms with van der Waals surface area (Å²) >= 11 is 1.18. The van der Waals surface area contributed by atoms with Crippen molar-refractivity contribution in [2.75, 3.05) is 5.32 Å². The summed E-state index contributed by atoms with van der Waals surface area (Å²) in [5, 5.41) is 9.68. The van der Waals surface area contributed by atoms with Crippen LogP contribution in [-0.4, -0.2) is 31.4 Å². The lowest BCUT2D eigenvalue weighted by Gasteiger charge is -2.09. The SMILES string of the molecule is CC(=O)c1csc(NC(=O)c2cc(-c3ccccc3)nc3c2cnn3Cc2cccc(F)c2)n1. The Kier molecular flexibility index (Phi) is 5.69. The van der Waals surface area contributed by atoms with Crippen LogP contribution in [-0.2, 0) is 6.54 Å². The summed E-state index contributed by atoms with van der Waals surface area (Å²) in [4.78, 5) is 33.8. The third kappa shape index (κ3) is 4.33. The zero-order valence-corrected chi connectivity index (χ0v) is 18.8. The van der Waals surface area contributed by atoms with Crippen LogP contribution in [0.4, 0.5) is 9.52 Å². The van der Waals surface area contributed by atoms with E-state index >= 15 is 0 Å². The van der Waals surface area contributed by atoms with E-state index in [1.165, 1.54) is 30.4 Å². The number of anilines is 1. The molecule has 1 N–H and O–H groups in total. The van der Waals surface area contributed by atoms with Crippen molar-refractivity contribution in [1.29, 1.82) is 0 Å². The first-order valence-electron chi connectivity index (χ1n) is 10.4. The molecule has 0 fully saturated rings. The Morgan fingerprint density at radius 3 is 2.62 bits per heavy atom. The van der Waals surface area contributed by atoms with Gasteiger partial charge in [0.25, 0.3) is 5.91 Å². The van der Waals surface area contributed by atoms with E-state index in [2.05, 4.69) is 15.4 Å². The number of carbonyl (C=O) groups is 2. The van der Waals surface area contributed by atoms with Crippen LogP contribution in [0.2, 0.25) is 0 Å². The number of amides is 1. The lowest BCUT2D eigenvalue weighted by atomic mass is 10.1. The largest absolute Gasteiger partial charge is 0.298 e. The highest BCUT2D eigenvalue weighted by atomic mass is 32.1. The van der Waals surface area contributed by atoms with Crippen molar-refractivity contribution >= 4 is 39.2 Å². The van der Waals surface area contributed by atoms with E-state index in [9.17, 15) is 14.0 Å². The molecular formula is C25H18FN5O2S. The van der Waals surface area contributed by atoms with Crippen molar-refractivity contribution in [3.8, 4) is 11.3 Å². The molecule has 5 aromatic rings. The number of hydrogen-bond donors (Lipinski definition) is 1. The molecule has 0 spiro atoms. The van der Waals surface area contributed by atoms with Gasteiger partial charge in [0.2, 0.25) is 0 Å². The fourth-order valence-electron chi connectivity index (χ4n) is 3.57. The average molecular weight is 472 g/mol. The fraction of sp³-hybridized carbons (Fsp3) is 0.0800. The number of Topliss-reactive ketones (excluding diaryl/α,β-unsaturated/α-hetero) is 1. The molecule has 3 aromatic heterocycles. The summed E-state index contributed by atoms with van der Waals surface area (Å²) in [5.41, 5.74) is 3.33. The molecule has 0 aliphatic rings. The van der Waals surface area contributed by atoms with Gasteiger partial charge in [0.05, 0.1) is 29.4 Å². The van der Waals surface area contributed by atoms with Crippen molar-refractivity contribution in [3.05, 3.63) is 94.9 Å². The number of aromatic nitrogens is 4. The number of rotatable bonds is 6. The number of halogens is 1. The predicted molar refractivity (Wildman–Crippen MR) is 129 cm³/mol. The maximum absolute atomic E-state index is 13.7. The molecule has 0 aliphatic carbocycles. The average Bonchev–Trinajstić information content (AvgIpc) is 3.46. The normalized spacial score (nSPS) is 11.0. The molecule has 0 atom stereocenters. The number of ketones is 1. The van der Waals surface area contributed by atoms with E-state index in [-0.39, 0.29) is 17.5 Å². The van der Waals surface area contributed by atoms with E-state index in [0.717, 1.165) is 11.1 Å². The predicted octanol–water partition coefficient (Wildman–Crippen LogP) is 5.20. The van der Waals surface area contributed by atoms with Gasteiger partial charge in [-0.2, -0.15) is 5.10 Å². The monoisotopic (exact) mass is 471 g/mol. The third-order valence-electron chi connectivity index (χ3n) is 5.23. The number of nitrogens with one attached hydrogen (secondary N) is 1. The van der Waals surface area contributed by atoms with Gasteiger partial charge < -0.3 is 0 Å². The van der Waals surface area contributed by atoms with Gasteiger partial charge in [-0.15, -0.1) is 11.3 Å². The maximum Gasteiger partial charge on any atom is 0.258 e. The van der Waals surface area contributed by atoms with Crippen LogP contribution in [0.3, 0.4) is 0 Å². The zero-order chi connectivity index (χ0) is 23.7. The molecule has 0 saturated heterocycles. The number of thiazole rings is 1. The molecule has 2 aromatic carbocycles. The first-order chi connectivity index (χ1) is 16.5. The van der Waals surface area contributed by atoms with E-state index in [1.54, 1.807) is 34.5 Å². The Bertz CT molecular complexity index is 1530. The molecule has 5 rings (SSSR count). The first-order valence-corrected chi connectivity index (χ1v) is 11.3. The van der Waals surface area contributed by atoms with Gasteiger partial charge in [-0.3, -0.25) is 14.9 Å². The number of hydrogen-bond acceptors (Lipinski definition) is 6. The molecule has 9 heteroatoms. The number of fused-ring (bicyclic) bond motifs is 1. The summed E-state index contributed by atoms with van der Waals surface area (Å²) in [5.74, 6) is -0.896. The smallest absolute Gasteiger partial charge is 0.258 e. The Morgan fingerprint density at radius 1 is 1.06 bits per heavy atom. The lowest BCUT2D eigenvalue weighted by Crippen LogP contribution is -2.13. The van der Waals surface area contributed by atoms with Gasteiger partial charge in [-0.05, 0) is 23.8 Å². The second-order valence-corrected chi connectivity index (χ2v) is 8.50. The number of benzene rings is 2. The summed E-state index contributed by atoms with van der Waals surface area (Å²) in [6.07, 6.45) is 1.58. The van der Waals surface area contributed by atoms with Crippen LogP contribution in [0.15, 0.2) is 72.2 Å². The minimum atomic E-state index is -0.390. The summed E-state index contributed by atoms with van der Waals surface area (Å²) in [6.45, 7) is 1.72. The summed E-state index contributed by atoms with van der Waals surface area (Å²) < 4.78 is 15.3. The standard InChI is InChI=1S/C25H18FN5O2S/c1-15(32)22-14-34-25(29-22)30-24(33)19-11-21(17-7-3-2-4-8-17)28-23-20(19)12-27-31(23)13-16-6-5-9-18(26)10-16/h2-12,14H,13H2,1H3,(H,29,30,33). The van der Waals surface area contributed by atoms with Crippen LogP contribution in [0.25, 0.3) is 22.3 Å². The van der Waals surface area contributed by atoms with E-state index in [4.69, 9.17) is 4.98 Å². The van der Waals surface area contributed by atoms with Crippen LogP contribution in [0.1, 0.15) is 33.3 Å². The van der Waals surface area contributed by atoms with E-state index in [1.807, 2.05) is 30.3 Å². The quantitative estimate of drug-likeness (QED) is 0.344. The van der Waals surface area contributed by atoms with Crippen molar-refractivity contribution in [3.63, 3.8) is 0 Å². The van der Waals surface area contributed by atoms with Crippen molar-refractivity contribution in [2.24, 2.45) is 0 Å². The van der Waals surface area contributed by atoms with Gasteiger partial charge in [-0.1, -0.05) is 42.5 Å². The van der Waals surface area contributed by atoms with Crippen LogP contribution in [0.5, 0.6) is 0 Å². The van der Waals surface area contributed by atoms with Gasteiger partial charge in [0.15, 0.2) is 16.6 Å². The van der Waals surface area contributed by atoms with Crippen molar-refractivity contribution in [1.82, 2.24) is 19.7 Å². The summed E-state index contributed by atoms with van der Waals surface area (Å²) in [7, 11) is 0. The molecule has 0 unspecified atom stereocenters. The minimum absolute atomic E-state index is 0.173. The molecule has 0 bridgehead atoms. The van der Waals surface area contributed by atoms with Crippen molar-refractivity contribution < 1.29 is 14.0 Å². The Hall–Kier alpha value is -4.24. The Balaban J connectivity index is 1.58. The second-order valence-electron chi connectivity index (χ2n) is 7.64. The highest BCUT2D eigenvalue weighted by Crippen LogP contribution is 2.27. The van der Waals surface area contributed by atoms with Gasteiger partial charge in [-0.25, -0.2) is 19.0 Å². The van der Waals surface area contributed by atoms with Gasteiger partial charge >= 0.3 is 0 Å². The molecule has 34 heavy (non-hydrogen) atoms. The van der Waals surface area contributed by atoms with Gasteiger partial charge in [0, 0.05) is 17.9 Å². The highest BCUT2D eigenvalue weighted by molar-refractivity contribution is 7.14. The molecule has 7 nitrogen and oxygen atoms in total. The molecule has 0 saturated carbocycles. The Morgan fingerprint density at radius 2 is 1.88 bits per heavy atom. The number of pyridine rings is 1. The molecule has 3 heterocycles. The van der Waals surface area contributed by atoms with Crippen LogP contribution in [0, 0.1) is 5.82 Å². The third-order valence-corrected chi connectivity index (χ3v) is 5.99. The molecule has 0 radical (unpaired) electrons. The highest BCUT2D eigenvalue weighted by Gasteiger charge is 2.19. The first kappa shape index (κ1) is 21.6.